The van der Waals surface area contributed by atoms with Crippen LogP contribution in [-0.4, -0.2) is 44.4 Å². The number of hydrogen-bond donors (Lipinski definition) is 2. The molecule has 0 spiro atoms. The molecule has 1 aromatic heterocycles. The number of nitrogens with zero attached hydrogens (tertiary/aromatic N) is 2. The van der Waals surface area contributed by atoms with Gasteiger partial charge in [0.25, 0.3) is 0 Å². The van der Waals surface area contributed by atoms with Gasteiger partial charge in [-0.3, -0.25) is 4.99 Å². The lowest BCUT2D eigenvalue weighted by atomic mass is 10.3. The van der Waals surface area contributed by atoms with Crippen LogP contribution < -0.4 is 15.4 Å². The van der Waals surface area contributed by atoms with Crippen LogP contribution in [0.4, 0.5) is 5.69 Å². The number of guanidine groups is 1. The third-order valence-electron chi connectivity index (χ3n) is 3.47. The predicted octanol–water partition coefficient (Wildman–Crippen LogP) is 3.49. The van der Waals surface area contributed by atoms with Crippen molar-refractivity contribution in [3.63, 3.8) is 0 Å². The van der Waals surface area contributed by atoms with Gasteiger partial charge in [0.05, 0.1) is 11.6 Å². The molecule has 2 rings (SSSR count). The fraction of sp³-hybridized carbons (Fsp3) is 0.474. The van der Waals surface area contributed by atoms with E-state index in [-0.39, 0.29) is 0 Å². The molecule has 26 heavy (non-hydrogen) atoms. The van der Waals surface area contributed by atoms with Crippen LogP contribution >= 0.6 is 11.3 Å². The van der Waals surface area contributed by atoms with E-state index in [4.69, 9.17) is 9.47 Å². The Labute approximate surface area is 159 Å². The van der Waals surface area contributed by atoms with Gasteiger partial charge in [-0.05, 0) is 26.0 Å². The van der Waals surface area contributed by atoms with Crippen molar-refractivity contribution in [1.82, 2.24) is 10.3 Å². The van der Waals surface area contributed by atoms with Gasteiger partial charge in [0.2, 0.25) is 0 Å². The molecule has 2 aromatic rings. The zero-order valence-corrected chi connectivity index (χ0v) is 16.6. The van der Waals surface area contributed by atoms with Crippen LogP contribution in [0.2, 0.25) is 0 Å². The molecule has 1 aromatic carbocycles. The second-order valence-corrected chi connectivity index (χ2v) is 7.04. The van der Waals surface area contributed by atoms with E-state index in [2.05, 4.69) is 34.5 Å². The molecule has 0 radical (unpaired) electrons. The fourth-order valence-electron chi connectivity index (χ4n) is 2.28. The van der Waals surface area contributed by atoms with Gasteiger partial charge < -0.3 is 20.1 Å². The van der Waals surface area contributed by atoms with Crippen molar-refractivity contribution in [2.75, 3.05) is 38.7 Å². The highest BCUT2D eigenvalue weighted by atomic mass is 32.1. The van der Waals surface area contributed by atoms with E-state index in [1.165, 1.54) is 4.88 Å². The lowest BCUT2D eigenvalue weighted by molar-refractivity contribution is 0.172. The maximum absolute atomic E-state index is 5.74. The van der Waals surface area contributed by atoms with Crippen molar-refractivity contribution < 1.29 is 9.47 Å². The Bertz CT molecular complexity index is 688. The Morgan fingerprint density at radius 2 is 2.19 bits per heavy atom. The lowest BCUT2D eigenvalue weighted by Gasteiger charge is -2.12. The minimum Gasteiger partial charge on any atom is -0.493 e. The summed E-state index contributed by atoms with van der Waals surface area (Å²) in [4.78, 5) is 10.2. The van der Waals surface area contributed by atoms with Crippen molar-refractivity contribution >= 4 is 23.0 Å². The van der Waals surface area contributed by atoms with Crippen molar-refractivity contribution in [3.8, 4) is 5.75 Å². The number of methoxy groups -OCH3 is 1. The maximum Gasteiger partial charge on any atom is 0.195 e. The number of aliphatic imine (C=N–C) groups is 1. The Morgan fingerprint density at radius 1 is 1.31 bits per heavy atom. The minimum atomic E-state index is 0.638. The molecule has 0 atom stereocenters. The van der Waals surface area contributed by atoms with Gasteiger partial charge in [0.15, 0.2) is 5.96 Å². The first-order valence-electron chi connectivity index (χ1n) is 8.89. The van der Waals surface area contributed by atoms with E-state index in [1.54, 1.807) is 18.4 Å². The average molecular weight is 377 g/mol. The molecule has 0 saturated carbocycles. The van der Waals surface area contributed by atoms with Crippen LogP contribution in [0.3, 0.4) is 0 Å². The normalized spacial score (nSPS) is 11.4. The molecule has 0 aliphatic heterocycles. The van der Waals surface area contributed by atoms with Crippen LogP contribution in [0.1, 0.15) is 23.2 Å². The molecule has 0 amide bonds. The molecule has 7 heteroatoms. The van der Waals surface area contributed by atoms with Gasteiger partial charge in [-0.2, -0.15) is 0 Å². The Morgan fingerprint density at radius 3 is 2.92 bits per heavy atom. The van der Waals surface area contributed by atoms with E-state index in [0.717, 1.165) is 41.8 Å². The highest BCUT2D eigenvalue weighted by Crippen LogP contribution is 2.17. The van der Waals surface area contributed by atoms with E-state index in [0.29, 0.717) is 19.8 Å². The Hall–Kier alpha value is -2.12. The molecule has 1 heterocycles. The number of benzene rings is 1. The van der Waals surface area contributed by atoms with Gasteiger partial charge in [-0.15, -0.1) is 11.3 Å². The van der Waals surface area contributed by atoms with Crippen LogP contribution in [0.5, 0.6) is 5.75 Å². The number of aryl methyl sites for hydroxylation is 1. The summed E-state index contributed by atoms with van der Waals surface area (Å²) in [6.07, 6.45) is 3.62. The van der Waals surface area contributed by atoms with Crippen molar-refractivity contribution in [2.24, 2.45) is 4.99 Å². The van der Waals surface area contributed by atoms with Gasteiger partial charge >= 0.3 is 0 Å². The van der Waals surface area contributed by atoms with Crippen molar-refractivity contribution in [3.05, 3.63) is 40.3 Å². The summed E-state index contributed by atoms with van der Waals surface area (Å²) in [5.74, 6) is 1.59. The molecule has 142 valence electrons. The third kappa shape index (κ3) is 7.41. The van der Waals surface area contributed by atoms with Gasteiger partial charge in [0.1, 0.15) is 5.75 Å². The summed E-state index contributed by atoms with van der Waals surface area (Å²) < 4.78 is 10.8. The summed E-state index contributed by atoms with van der Waals surface area (Å²) in [6.45, 7) is 6.95. The van der Waals surface area contributed by atoms with Crippen LogP contribution in [0, 0.1) is 6.92 Å². The van der Waals surface area contributed by atoms with Gasteiger partial charge in [-0.25, -0.2) is 4.98 Å². The minimum absolute atomic E-state index is 0.638. The summed E-state index contributed by atoms with van der Waals surface area (Å²) in [5, 5.41) is 7.72. The van der Waals surface area contributed by atoms with E-state index < -0.39 is 0 Å². The number of ether oxygens (including phenoxy) is 2. The summed E-state index contributed by atoms with van der Waals surface area (Å²) >= 11 is 1.72. The molecule has 6 nitrogen and oxygen atoms in total. The number of rotatable bonds is 10. The summed E-state index contributed by atoms with van der Waals surface area (Å²) in [5.41, 5.74) is 0.944. The monoisotopic (exact) mass is 376 g/mol. The highest BCUT2D eigenvalue weighted by molar-refractivity contribution is 7.11. The van der Waals surface area contributed by atoms with Crippen LogP contribution in [0.25, 0.3) is 0 Å². The Balaban J connectivity index is 1.90. The number of thiazole rings is 1. The van der Waals surface area contributed by atoms with Gasteiger partial charge in [0, 0.05) is 62.5 Å². The maximum atomic E-state index is 5.74. The lowest BCUT2D eigenvalue weighted by Crippen LogP contribution is -2.30. The zero-order chi connectivity index (χ0) is 18.6. The predicted molar refractivity (Wildman–Crippen MR) is 109 cm³/mol. The molecule has 0 bridgehead atoms. The van der Waals surface area contributed by atoms with E-state index in [1.807, 2.05) is 30.5 Å². The molecule has 0 aliphatic carbocycles. The summed E-state index contributed by atoms with van der Waals surface area (Å²) in [7, 11) is 1.70. The standard InChI is InChI=1S/C19H28N4O2S/c1-4-20-19(21-10-9-18-22-14-15(2)26-18)23-16-7-5-8-17(13-16)25-12-6-11-24-3/h5,7-8,13-14H,4,6,9-12H2,1-3H3,(H2,20,21,23). The third-order valence-corrected chi connectivity index (χ3v) is 4.44. The van der Waals surface area contributed by atoms with Gasteiger partial charge in [-0.1, -0.05) is 6.07 Å². The fourth-order valence-corrected chi connectivity index (χ4v) is 3.06. The SMILES string of the molecule is CCNC(=NCCc1ncc(C)s1)Nc1cccc(OCCCOC)c1. The number of anilines is 1. The van der Waals surface area contributed by atoms with Crippen molar-refractivity contribution in [1.29, 1.82) is 0 Å². The molecule has 0 unspecified atom stereocenters. The molecule has 2 N–H and O–H groups in total. The molecule has 0 aliphatic rings. The largest absolute Gasteiger partial charge is 0.493 e. The smallest absolute Gasteiger partial charge is 0.195 e. The second kappa shape index (κ2) is 11.5. The topological polar surface area (TPSA) is 67.8 Å². The molecular formula is C19H28N4O2S. The number of nitrogens with one attached hydrogen (secondary N) is 2. The van der Waals surface area contributed by atoms with Crippen molar-refractivity contribution in [2.45, 2.75) is 26.7 Å². The van der Waals surface area contributed by atoms with E-state index >= 15 is 0 Å². The molecule has 0 saturated heterocycles. The first-order chi connectivity index (χ1) is 12.7. The molecular weight excluding hydrogens is 348 g/mol. The number of aromatic nitrogens is 1. The molecule has 0 fully saturated rings. The van der Waals surface area contributed by atoms with Crippen LogP contribution in [0.15, 0.2) is 35.5 Å². The zero-order valence-electron chi connectivity index (χ0n) is 15.7. The summed E-state index contributed by atoms with van der Waals surface area (Å²) in [6, 6.07) is 7.89. The van der Waals surface area contributed by atoms with E-state index in [9.17, 15) is 0 Å². The quantitative estimate of drug-likeness (QED) is 0.377. The van der Waals surface area contributed by atoms with Crippen LogP contribution in [-0.2, 0) is 11.2 Å². The first-order valence-corrected chi connectivity index (χ1v) is 9.71. The first kappa shape index (κ1) is 20.2. The Kier molecular flexibility index (Phi) is 8.92. The second-order valence-electron chi connectivity index (χ2n) is 5.72. The number of hydrogen-bond acceptors (Lipinski definition) is 5. The average Bonchev–Trinajstić information content (AvgIpc) is 3.04. The highest BCUT2D eigenvalue weighted by Gasteiger charge is 2.03.